The molecule has 1 aromatic heterocycles. The van der Waals surface area contributed by atoms with Gasteiger partial charge in [-0.3, -0.25) is 9.80 Å². The summed E-state index contributed by atoms with van der Waals surface area (Å²) in [5.74, 6) is 0. The number of nitrogens with zero attached hydrogens (tertiary/aromatic N) is 2. The van der Waals surface area contributed by atoms with Gasteiger partial charge < -0.3 is 9.31 Å². The van der Waals surface area contributed by atoms with Gasteiger partial charge in [0.2, 0.25) is 0 Å². The maximum atomic E-state index is 6.64. The Kier molecular flexibility index (Phi) is 8.22. The zero-order valence-electron chi connectivity index (χ0n) is 23.6. The molecule has 7 heteroatoms. The van der Waals surface area contributed by atoms with Crippen molar-refractivity contribution < 1.29 is 9.31 Å². The molecule has 4 aromatic carbocycles. The van der Waals surface area contributed by atoms with Crippen LogP contribution >= 0.6 is 11.3 Å². The molecule has 2 fully saturated rings. The number of likely N-dealkylation sites (tertiary alicyclic amines) is 2. The molecule has 0 aliphatic carbocycles. The fourth-order valence-corrected chi connectivity index (χ4v) is 7.41. The molecule has 0 radical (unpaired) electrons. The van der Waals surface area contributed by atoms with Crippen molar-refractivity contribution in [2.45, 2.75) is 25.7 Å². The van der Waals surface area contributed by atoms with E-state index in [9.17, 15) is 0 Å². The minimum atomic E-state index is -0.0970. The highest BCUT2D eigenvalue weighted by atomic mass is 32.1. The number of thiophene rings is 1. The first-order valence-corrected chi connectivity index (χ1v) is 15.9. The predicted octanol–water partition coefficient (Wildman–Crippen LogP) is 4.41. The van der Waals surface area contributed by atoms with Crippen LogP contribution in [0.2, 0.25) is 0 Å². The van der Waals surface area contributed by atoms with Gasteiger partial charge in [-0.1, -0.05) is 84.9 Å². The van der Waals surface area contributed by atoms with Crippen molar-refractivity contribution in [3.8, 4) is 0 Å². The average molecular weight is 558 g/mol. The van der Waals surface area contributed by atoms with Gasteiger partial charge in [-0.2, -0.15) is 0 Å². The van der Waals surface area contributed by atoms with Crippen molar-refractivity contribution in [3.05, 3.63) is 97.1 Å². The maximum absolute atomic E-state index is 6.64. The van der Waals surface area contributed by atoms with E-state index in [-0.39, 0.29) is 13.8 Å². The smallest absolute Gasteiger partial charge is 0.362 e. The molecule has 5 aromatic rings. The van der Waals surface area contributed by atoms with Crippen LogP contribution in [0.3, 0.4) is 0 Å². The van der Waals surface area contributed by atoms with Crippen LogP contribution in [0.5, 0.6) is 0 Å². The van der Waals surface area contributed by atoms with E-state index >= 15 is 0 Å². The molecule has 2 aliphatic rings. The first-order chi connectivity index (χ1) is 20.3. The summed E-state index contributed by atoms with van der Waals surface area (Å²) in [5, 5.41) is 2.59. The third-order valence-corrected chi connectivity index (χ3v) is 9.72. The van der Waals surface area contributed by atoms with Gasteiger partial charge in [-0.05, 0) is 70.4 Å². The summed E-state index contributed by atoms with van der Waals surface area (Å²) in [4.78, 5) is 4.85. The lowest BCUT2D eigenvalue weighted by atomic mass is 9.55. The quantitative estimate of drug-likeness (QED) is 0.238. The molecule has 0 bridgehead atoms. The van der Waals surface area contributed by atoms with Crippen LogP contribution in [0.1, 0.15) is 25.7 Å². The zero-order valence-corrected chi connectivity index (χ0v) is 24.4. The molecule has 0 unspecified atom stereocenters. The number of hydrogen-bond donors (Lipinski definition) is 0. The molecule has 41 heavy (non-hydrogen) atoms. The number of benzene rings is 4. The summed E-state index contributed by atoms with van der Waals surface area (Å²) in [7, 11) is 0. The van der Waals surface area contributed by atoms with Crippen molar-refractivity contribution >= 4 is 67.2 Å². The molecular formula is C34H36B2N2O2S. The van der Waals surface area contributed by atoms with E-state index in [0.717, 1.165) is 26.2 Å². The van der Waals surface area contributed by atoms with E-state index in [2.05, 4.69) is 107 Å². The maximum Gasteiger partial charge on any atom is 0.362 e. The lowest BCUT2D eigenvalue weighted by Crippen LogP contribution is -2.47. The van der Waals surface area contributed by atoms with Crippen LogP contribution in [-0.4, -0.2) is 63.3 Å². The highest BCUT2D eigenvalue weighted by Crippen LogP contribution is 2.32. The van der Waals surface area contributed by atoms with E-state index < -0.39 is 0 Å². The summed E-state index contributed by atoms with van der Waals surface area (Å²) in [5.41, 5.74) is 4.81. The van der Waals surface area contributed by atoms with Crippen LogP contribution in [0, 0.1) is 0 Å². The Balaban J connectivity index is 1.24. The molecule has 3 heterocycles. The van der Waals surface area contributed by atoms with Crippen LogP contribution < -0.4 is 21.9 Å². The molecule has 0 N–H and O–H groups in total. The Bertz CT molecular complexity index is 1470. The third kappa shape index (κ3) is 6.01. The molecule has 0 spiro atoms. The Labute approximate surface area is 248 Å². The Morgan fingerprint density at radius 1 is 0.512 bits per heavy atom. The van der Waals surface area contributed by atoms with Gasteiger partial charge in [0, 0.05) is 35.6 Å². The highest BCUT2D eigenvalue weighted by Gasteiger charge is 2.26. The first kappa shape index (κ1) is 26.9. The van der Waals surface area contributed by atoms with E-state index in [1.165, 1.54) is 67.7 Å². The molecule has 0 saturated carbocycles. The number of hydrogen-bond acceptors (Lipinski definition) is 5. The zero-order chi connectivity index (χ0) is 27.4. The standard InChI is InChI=1S/C34H36B2N2O2S/c1-3-11-27(12-4-1)35(39-25-37-19-7-8-20-37)29-15-17-33-31(23-29)32-24-30(16-18-34(32)41-33)36(28-13-5-2-6-14-28)40-26-38-21-9-10-22-38/h1-6,11-18,23-24H,7-10,19-22,25-26H2. The van der Waals surface area contributed by atoms with E-state index in [0.29, 0.717) is 13.5 Å². The Morgan fingerprint density at radius 2 is 0.927 bits per heavy atom. The summed E-state index contributed by atoms with van der Waals surface area (Å²) < 4.78 is 15.9. The Morgan fingerprint density at radius 3 is 1.34 bits per heavy atom. The van der Waals surface area contributed by atoms with Crippen LogP contribution in [-0.2, 0) is 9.31 Å². The minimum absolute atomic E-state index is 0.0970. The van der Waals surface area contributed by atoms with Gasteiger partial charge >= 0.3 is 13.8 Å². The average Bonchev–Trinajstić information content (AvgIpc) is 3.80. The van der Waals surface area contributed by atoms with Crippen molar-refractivity contribution in [2.75, 3.05) is 39.6 Å². The van der Waals surface area contributed by atoms with E-state index in [1.54, 1.807) is 0 Å². The van der Waals surface area contributed by atoms with Gasteiger partial charge in [-0.25, -0.2) is 0 Å². The predicted molar refractivity (Wildman–Crippen MR) is 176 cm³/mol. The fraction of sp³-hybridized carbons (Fsp3) is 0.294. The van der Waals surface area contributed by atoms with Crippen molar-refractivity contribution in [2.24, 2.45) is 0 Å². The SMILES string of the molecule is c1ccc(B(OCN2CCCC2)c2ccc3sc4ccc(B(OCN5CCCC5)c5ccccc5)cc4c3c2)cc1. The largest absolute Gasteiger partial charge is 0.414 e. The minimum Gasteiger partial charge on any atom is -0.414 e. The van der Waals surface area contributed by atoms with Gasteiger partial charge in [0.15, 0.2) is 0 Å². The second-order valence-electron chi connectivity index (χ2n) is 11.4. The third-order valence-electron chi connectivity index (χ3n) is 8.57. The summed E-state index contributed by atoms with van der Waals surface area (Å²) >= 11 is 1.86. The summed E-state index contributed by atoms with van der Waals surface area (Å²) in [6.07, 6.45) is 5.06. The van der Waals surface area contributed by atoms with E-state index in [1.807, 2.05) is 11.3 Å². The molecular weight excluding hydrogens is 522 g/mol. The van der Waals surface area contributed by atoms with Gasteiger partial charge in [-0.15, -0.1) is 11.3 Å². The molecule has 2 saturated heterocycles. The molecule has 206 valence electrons. The van der Waals surface area contributed by atoms with Crippen LogP contribution in [0.4, 0.5) is 0 Å². The number of fused-ring (bicyclic) bond motifs is 3. The van der Waals surface area contributed by atoms with Crippen LogP contribution in [0.25, 0.3) is 20.2 Å². The highest BCUT2D eigenvalue weighted by molar-refractivity contribution is 7.25. The molecule has 7 rings (SSSR count). The molecule has 4 nitrogen and oxygen atoms in total. The Hall–Kier alpha value is -2.93. The monoisotopic (exact) mass is 558 g/mol. The fourth-order valence-electron chi connectivity index (χ4n) is 6.35. The van der Waals surface area contributed by atoms with Gasteiger partial charge in [0.1, 0.15) is 0 Å². The molecule has 0 atom stereocenters. The lowest BCUT2D eigenvalue weighted by molar-refractivity contribution is 0.156. The van der Waals surface area contributed by atoms with Gasteiger partial charge in [0.25, 0.3) is 0 Å². The number of rotatable bonds is 10. The second kappa shape index (κ2) is 12.5. The van der Waals surface area contributed by atoms with Crippen molar-refractivity contribution in [1.29, 1.82) is 0 Å². The van der Waals surface area contributed by atoms with E-state index in [4.69, 9.17) is 9.31 Å². The van der Waals surface area contributed by atoms with Crippen LogP contribution in [0.15, 0.2) is 97.1 Å². The van der Waals surface area contributed by atoms with Gasteiger partial charge in [0.05, 0.1) is 13.5 Å². The lowest BCUT2D eigenvalue weighted by Gasteiger charge is -2.21. The molecule has 0 amide bonds. The summed E-state index contributed by atoms with van der Waals surface area (Å²) in [6.45, 7) is 5.64. The van der Waals surface area contributed by atoms with Crippen molar-refractivity contribution in [3.63, 3.8) is 0 Å². The van der Waals surface area contributed by atoms with Crippen molar-refractivity contribution in [1.82, 2.24) is 9.80 Å². The normalized spacial score (nSPS) is 16.2. The second-order valence-corrected chi connectivity index (χ2v) is 12.5. The molecule has 2 aliphatic heterocycles. The topological polar surface area (TPSA) is 24.9 Å². The first-order valence-electron chi connectivity index (χ1n) is 15.1. The summed E-state index contributed by atoms with van der Waals surface area (Å²) in [6, 6.07) is 35.1.